The third kappa shape index (κ3) is 2.60. The standard InChI is InChI=1S/C13H6BrClFIO/c14-9-6-5-8(12(16)11(9)15)13(18)7-3-1-2-4-10(7)17/h1-6H. The molecule has 0 N–H and O–H groups in total. The van der Waals surface area contributed by atoms with E-state index in [2.05, 4.69) is 15.9 Å². The third-order valence-corrected chi connectivity index (χ3v) is 4.60. The number of rotatable bonds is 2. The fourth-order valence-electron chi connectivity index (χ4n) is 1.49. The predicted octanol–water partition coefficient (Wildman–Crippen LogP) is 5.08. The van der Waals surface area contributed by atoms with Gasteiger partial charge in [-0.05, 0) is 62.8 Å². The van der Waals surface area contributed by atoms with Crippen molar-refractivity contribution in [1.82, 2.24) is 0 Å². The number of carbonyl (C=O) groups excluding carboxylic acids is 1. The van der Waals surface area contributed by atoms with Crippen molar-refractivity contribution in [3.63, 3.8) is 0 Å². The predicted molar refractivity (Wildman–Crippen MR) is 81.7 cm³/mol. The zero-order chi connectivity index (χ0) is 13.3. The molecule has 92 valence electrons. The maximum atomic E-state index is 13.9. The summed E-state index contributed by atoms with van der Waals surface area (Å²) in [7, 11) is 0. The molecule has 0 aromatic heterocycles. The molecule has 0 saturated carbocycles. The van der Waals surface area contributed by atoms with Crippen LogP contribution in [-0.2, 0) is 0 Å². The number of halogens is 4. The molecule has 0 amide bonds. The van der Waals surface area contributed by atoms with Crippen molar-refractivity contribution in [3.05, 3.63) is 66.4 Å². The van der Waals surface area contributed by atoms with Gasteiger partial charge < -0.3 is 0 Å². The van der Waals surface area contributed by atoms with E-state index in [-0.39, 0.29) is 16.4 Å². The van der Waals surface area contributed by atoms with Gasteiger partial charge in [0.15, 0.2) is 11.6 Å². The van der Waals surface area contributed by atoms with Crippen molar-refractivity contribution in [2.75, 3.05) is 0 Å². The fourth-order valence-corrected chi connectivity index (χ4v) is 2.60. The minimum Gasteiger partial charge on any atom is -0.288 e. The van der Waals surface area contributed by atoms with Gasteiger partial charge in [0.25, 0.3) is 0 Å². The molecule has 0 heterocycles. The van der Waals surface area contributed by atoms with E-state index in [1.165, 1.54) is 6.07 Å². The van der Waals surface area contributed by atoms with Crippen molar-refractivity contribution in [2.24, 2.45) is 0 Å². The maximum absolute atomic E-state index is 13.9. The van der Waals surface area contributed by atoms with Gasteiger partial charge in [-0.15, -0.1) is 0 Å². The monoisotopic (exact) mass is 438 g/mol. The van der Waals surface area contributed by atoms with E-state index in [4.69, 9.17) is 11.6 Å². The minimum atomic E-state index is -0.698. The molecule has 0 saturated heterocycles. The van der Waals surface area contributed by atoms with Crippen LogP contribution in [0.15, 0.2) is 40.9 Å². The maximum Gasteiger partial charge on any atom is 0.197 e. The molecule has 0 spiro atoms. The minimum absolute atomic E-state index is 0.0210. The largest absolute Gasteiger partial charge is 0.288 e. The SMILES string of the molecule is O=C(c1ccccc1I)c1ccc(Br)c(Cl)c1F. The van der Waals surface area contributed by atoms with E-state index in [0.717, 1.165) is 3.57 Å². The number of benzene rings is 2. The highest BCUT2D eigenvalue weighted by molar-refractivity contribution is 14.1. The topological polar surface area (TPSA) is 17.1 Å². The van der Waals surface area contributed by atoms with Crippen LogP contribution in [0.3, 0.4) is 0 Å². The summed E-state index contributed by atoms with van der Waals surface area (Å²) in [5.41, 5.74) is 0.447. The average Bonchev–Trinajstić information content (AvgIpc) is 2.36. The highest BCUT2D eigenvalue weighted by Gasteiger charge is 2.19. The highest BCUT2D eigenvalue weighted by atomic mass is 127. The van der Waals surface area contributed by atoms with Crippen LogP contribution in [0.5, 0.6) is 0 Å². The van der Waals surface area contributed by atoms with Gasteiger partial charge in [0, 0.05) is 13.6 Å². The Morgan fingerprint density at radius 1 is 1.17 bits per heavy atom. The van der Waals surface area contributed by atoms with E-state index in [0.29, 0.717) is 10.0 Å². The highest BCUT2D eigenvalue weighted by Crippen LogP contribution is 2.29. The summed E-state index contributed by atoms with van der Waals surface area (Å²) < 4.78 is 15.2. The summed E-state index contributed by atoms with van der Waals surface area (Å²) >= 11 is 10.9. The Hall–Kier alpha value is -0.460. The number of ketones is 1. The Labute approximate surface area is 131 Å². The van der Waals surface area contributed by atoms with E-state index in [1.54, 1.807) is 24.3 Å². The molecule has 0 aliphatic heterocycles. The van der Waals surface area contributed by atoms with Crippen LogP contribution in [0, 0.1) is 9.39 Å². The summed E-state index contributed by atoms with van der Waals surface area (Å²) in [5.74, 6) is -1.07. The van der Waals surface area contributed by atoms with Crippen molar-refractivity contribution in [3.8, 4) is 0 Å². The van der Waals surface area contributed by atoms with E-state index >= 15 is 0 Å². The Morgan fingerprint density at radius 3 is 2.50 bits per heavy atom. The van der Waals surface area contributed by atoms with Crippen LogP contribution in [0.1, 0.15) is 15.9 Å². The molecule has 1 nitrogen and oxygen atoms in total. The molecule has 2 aromatic carbocycles. The van der Waals surface area contributed by atoms with Crippen LogP contribution < -0.4 is 0 Å². The lowest BCUT2D eigenvalue weighted by Crippen LogP contribution is -2.06. The number of hydrogen-bond acceptors (Lipinski definition) is 1. The van der Waals surface area contributed by atoms with E-state index in [9.17, 15) is 9.18 Å². The Balaban J connectivity index is 2.54. The fraction of sp³-hybridized carbons (Fsp3) is 0. The molecular formula is C13H6BrClFIO. The van der Waals surface area contributed by atoms with Crippen LogP contribution in [0.25, 0.3) is 0 Å². The van der Waals surface area contributed by atoms with Crippen molar-refractivity contribution >= 4 is 55.9 Å². The Bertz CT molecular complexity index is 630. The quantitative estimate of drug-likeness (QED) is 0.363. The zero-order valence-electron chi connectivity index (χ0n) is 8.88. The summed E-state index contributed by atoms with van der Waals surface area (Å²) in [6, 6.07) is 10.0. The first-order chi connectivity index (χ1) is 8.52. The lowest BCUT2D eigenvalue weighted by molar-refractivity contribution is 0.103. The lowest BCUT2D eigenvalue weighted by Gasteiger charge is -2.07. The molecule has 2 aromatic rings. The summed E-state index contributed by atoms with van der Waals surface area (Å²) in [6.45, 7) is 0. The average molecular weight is 439 g/mol. The lowest BCUT2D eigenvalue weighted by atomic mass is 10.0. The van der Waals surface area contributed by atoms with Gasteiger partial charge in [-0.3, -0.25) is 4.79 Å². The van der Waals surface area contributed by atoms with Gasteiger partial charge in [-0.25, -0.2) is 4.39 Å². The third-order valence-electron chi connectivity index (χ3n) is 2.40. The first kappa shape index (κ1) is 14.0. The normalized spacial score (nSPS) is 10.4. The van der Waals surface area contributed by atoms with Gasteiger partial charge in [0.05, 0.1) is 10.6 Å². The molecule has 0 atom stereocenters. The van der Waals surface area contributed by atoms with Gasteiger partial charge >= 0.3 is 0 Å². The molecule has 2 rings (SSSR count). The van der Waals surface area contributed by atoms with Crippen LogP contribution >= 0.6 is 50.1 Å². The molecular weight excluding hydrogens is 433 g/mol. The zero-order valence-corrected chi connectivity index (χ0v) is 13.4. The molecule has 18 heavy (non-hydrogen) atoms. The summed E-state index contributed by atoms with van der Waals surface area (Å²) in [6.07, 6.45) is 0. The Morgan fingerprint density at radius 2 is 1.83 bits per heavy atom. The number of hydrogen-bond donors (Lipinski definition) is 0. The van der Waals surface area contributed by atoms with Crippen LogP contribution in [-0.4, -0.2) is 5.78 Å². The van der Waals surface area contributed by atoms with Crippen molar-refractivity contribution < 1.29 is 9.18 Å². The molecule has 0 unspecified atom stereocenters. The van der Waals surface area contributed by atoms with Crippen molar-refractivity contribution in [2.45, 2.75) is 0 Å². The van der Waals surface area contributed by atoms with Gasteiger partial charge in [-0.2, -0.15) is 0 Å². The second-order valence-corrected chi connectivity index (χ2v) is 5.93. The van der Waals surface area contributed by atoms with Crippen LogP contribution in [0.2, 0.25) is 5.02 Å². The van der Waals surface area contributed by atoms with E-state index < -0.39 is 5.82 Å². The molecule has 0 bridgehead atoms. The first-order valence-electron chi connectivity index (χ1n) is 4.95. The van der Waals surface area contributed by atoms with Gasteiger partial charge in [0.1, 0.15) is 0 Å². The first-order valence-corrected chi connectivity index (χ1v) is 7.20. The second-order valence-electron chi connectivity index (χ2n) is 3.53. The van der Waals surface area contributed by atoms with E-state index in [1.807, 2.05) is 28.7 Å². The Kier molecular flexibility index (Phi) is 4.40. The smallest absolute Gasteiger partial charge is 0.197 e. The summed E-state index contributed by atoms with van der Waals surface area (Å²) in [4.78, 5) is 12.2. The van der Waals surface area contributed by atoms with Gasteiger partial charge in [0.2, 0.25) is 0 Å². The molecule has 5 heteroatoms. The summed E-state index contributed by atoms with van der Waals surface area (Å²) in [5, 5.41) is -0.0770. The van der Waals surface area contributed by atoms with Crippen molar-refractivity contribution in [1.29, 1.82) is 0 Å². The molecule has 0 aliphatic carbocycles. The van der Waals surface area contributed by atoms with Gasteiger partial charge in [-0.1, -0.05) is 23.7 Å². The number of carbonyl (C=O) groups is 1. The molecule has 0 radical (unpaired) electrons. The van der Waals surface area contributed by atoms with Crippen LogP contribution in [0.4, 0.5) is 4.39 Å². The molecule has 0 fully saturated rings. The molecule has 0 aliphatic rings. The second kappa shape index (κ2) is 5.67.